The van der Waals surface area contributed by atoms with Crippen molar-refractivity contribution in [3.05, 3.63) is 40.6 Å². The van der Waals surface area contributed by atoms with Gasteiger partial charge in [0.2, 0.25) is 0 Å². The average molecular weight is 261 g/mol. The highest BCUT2D eigenvalue weighted by atomic mass is 32.1. The Balaban J connectivity index is 2.24. The van der Waals surface area contributed by atoms with Crippen molar-refractivity contribution in [3.8, 4) is 0 Å². The number of nitrogens with two attached hydrogens (primary N) is 1. The van der Waals surface area contributed by atoms with Gasteiger partial charge in [-0.3, -0.25) is 4.79 Å². The summed E-state index contributed by atoms with van der Waals surface area (Å²) < 4.78 is 0. The molecule has 0 aliphatic rings. The molecule has 0 unspecified atom stereocenters. The number of thiophene rings is 1. The van der Waals surface area contributed by atoms with Crippen LogP contribution in [0.2, 0.25) is 0 Å². The molecule has 4 nitrogen and oxygen atoms in total. The van der Waals surface area contributed by atoms with E-state index in [9.17, 15) is 4.79 Å². The Labute approximate surface area is 110 Å². The molecule has 0 aliphatic heterocycles. The van der Waals surface area contributed by atoms with Crippen LogP contribution < -0.4 is 16.4 Å². The molecular formula is C13H15N3OS. The van der Waals surface area contributed by atoms with E-state index < -0.39 is 0 Å². The highest BCUT2D eigenvalue weighted by molar-refractivity contribution is 7.08. The molecule has 0 aliphatic carbocycles. The number of rotatable bonds is 4. The number of amides is 1. The number of nitrogens with one attached hydrogen (secondary N) is 2. The van der Waals surface area contributed by atoms with Crippen LogP contribution in [0.5, 0.6) is 0 Å². The quantitative estimate of drug-likeness (QED) is 0.741. The fraction of sp³-hybridized carbons (Fsp3) is 0.154. The molecule has 0 bridgehead atoms. The number of benzene rings is 1. The maximum absolute atomic E-state index is 11.7. The molecule has 2 aromatic rings. The Morgan fingerprint density at radius 2 is 2.22 bits per heavy atom. The standard InChI is InChI=1S/C13H15N3OS/c1-2-15-13(17)9-3-4-11(14)12(7-9)16-10-5-6-18-8-10/h3-8,16H,2,14H2,1H3,(H,15,17). The lowest BCUT2D eigenvalue weighted by Crippen LogP contribution is -2.22. The summed E-state index contributed by atoms with van der Waals surface area (Å²) in [5, 5.41) is 9.92. The summed E-state index contributed by atoms with van der Waals surface area (Å²) >= 11 is 1.60. The third-order valence-electron chi connectivity index (χ3n) is 2.45. The minimum absolute atomic E-state index is 0.0918. The van der Waals surface area contributed by atoms with E-state index in [1.807, 2.05) is 23.8 Å². The van der Waals surface area contributed by atoms with E-state index in [1.54, 1.807) is 29.5 Å². The largest absolute Gasteiger partial charge is 0.397 e. The third-order valence-corrected chi connectivity index (χ3v) is 3.14. The molecule has 0 saturated heterocycles. The summed E-state index contributed by atoms with van der Waals surface area (Å²) in [6.45, 7) is 2.50. The molecule has 2 rings (SSSR count). The normalized spacial score (nSPS) is 10.1. The number of carbonyl (C=O) groups excluding carboxylic acids is 1. The predicted octanol–water partition coefficient (Wildman–Crippen LogP) is 2.82. The minimum atomic E-state index is -0.0918. The predicted molar refractivity (Wildman–Crippen MR) is 76.5 cm³/mol. The van der Waals surface area contributed by atoms with Crippen LogP contribution in [0.25, 0.3) is 0 Å². The fourth-order valence-corrected chi connectivity index (χ4v) is 2.15. The lowest BCUT2D eigenvalue weighted by Gasteiger charge is -2.10. The minimum Gasteiger partial charge on any atom is -0.397 e. The molecule has 1 amide bonds. The topological polar surface area (TPSA) is 67.2 Å². The maximum Gasteiger partial charge on any atom is 0.251 e. The van der Waals surface area contributed by atoms with Crippen molar-refractivity contribution < 1.29 is 4.79 Å². The van der Waals surface area contributed by atoms with Gasteiger partial charge < -0.3 is 16.4 Å². The van der Waals surface area contributed by atoms with Crippen LogP contribution in [-0.4, -0.2) is 12.5 Å². The van der Waals surface area contributed by atoms with Gasteiger partial charge in [0.05, 0.1) is 11.4 Å². The van der Waals surface area contributed by atoms with Gasteiger partial charge in [-0.25, -0.2) is 0 Å². The summed E-state index contributed by atoms with van der Waals surface area (Å²) in [6, 6.07) is 7.18. The Hall–Kier alpha value is -2.01. The van der Waals surface area contributed by atoms with Crippen molar-refractivity contribution in [2.45, 2.75) is 6.92 Å². The first-order chi connectivity index (χ1) is 8.70. The van der Waals surface area contributed by atoms with Crippen LogP contribution in [0.3, 0.4) is 0 Å². The van der Waals surface area contributed by atoms with Crippen molar-refractivity contribution in [2.24, 2.45) is 0 Å². The molecule has 5 heteroatoms. The Morgan fingerprint density at radius 3 is 2.89 bits per heavy atom. The van der Waals surface area contributed by atoms with Crippen molar-refractivity contribution in [1.29, 1.82) is 0 Å². The lowest BCUT2D eigenvalue weighted by molar-refractivity contribution is 0.0956. The van der Waals surface area contributed by atoms with Gasteiger partial charge in [0.15, 0.2) is 0 Å². The van der Waals surface area contributed by atoms with E-state index >= 15 is 0 Å². The van der Waals surface area contributed by atoms with E-state index in [1.165, 1.54) is 0 Å². The third kappa shape index (κ3) is 2.81. The summed E-state index contributed by atoms with van der Waals surface area (Å²) in [5.74, 6) is -0.0918. The van der Waals surface area contributed by atoms with Gasteiger partial charge in [-0.1, -0.05) is 0 Å². The smallest absolute Gasteiger partial charge is 0.251 e. The zero-order valence-corrected chi connectivity index (χ0v) is 10.9. The summed E-state index contributed by atoms with van der Waals surface area (Å²) in [5.41, 5.74) is 8.83. The molecule has 4 N–H and O–H groups in total. The van der Waals surface area contributed by atoms with Gasteiger partial charge in [0, 0.05) is 23.2 Å². The molecule has 0 spiro atoms. The highest BCUT2D eigenvalue weighted by Gasteiger charge is 2.07. The van der Waals surface area contributed by atoms with Crippen LogP contribution in [0, 0.1) is 0 Å². The first-order valence-electron chi connectivity index (χ1n) is 5.67. The van der Waals surface area contributed by atoms with Crippen molar-refractivity contribution in [1.82, 2.24) is 5.32 Å². The molecule has 0 saturated carbocycles. The van der Waals surface area contributed by atoms with Crippen LogP contribution >= 0.6 is 11.3 Å². The second-order valence-electron chi connectivity index (χ2n) is 3.80. The Kier molecular flexibility index (Phi) is 3.84. The van der Waals surface area contributed by atoms with Crippen LogP contribution in [0.15, 0.2) is 35.0 Å². The van der Waals surface area contributed by atoms with Crippen molar-refractivity contribution in [3.63, 3.8) is 0 Å². The Morgan fingerprint density at radius 1 is 1.39 bits per heavy atom. The lowest BCUT2D eigenvalue weighted by atomic mass is 10.1. The first-order valence-corrected chi connectivity index (χ1v) is 6.62. The molecular weight excluding hydrogens is 246 g/mol. The van der Waals surface area contributed by atoms with E-state index in [-0.39, 0.29) is 5.91 Å². The number of carbonyl (C=O) groups is 1. The second kappa shape index (κ2) is 5.55. The van der Waals surface area contributed by atoms with Gasteiger partial charge >= 0.3 is 0 Å². The number of hydrogen-bond acceptors (Lipinski definition) is 4. The van der Waals surface area contributed by atoms with Gasteiger partial charge in [0.1, 0.15) is 0 Å². The molecule has 94 valence electrons. The van der Waals surface area contributed by atoms with Crippen molar-refractivity contribution >= 4 is 34.3 Å². The summed E-state index contributed by atoms with van der Waals surface area (Å²) in [6.07, 6.45) is 0. The number of anilines is 3. The monoisotopic (exact) mass is 261 g/mol. The summed E-state index contributed by atoms with van der Waals surface area (Å²) in [7, 11) is 0. The molecule has 18 heavy (non-hydrogen) atoms. The number of hydrogen-bond donors (Lipinski definition) is 3. The van der Waals surface area contributed by atoms with E-state index in [0.29, 0.717) is 17.8 Å². The highest BCUT2D eigenvalue weighted by Crippen LogP contribution is 2.25. The van der Waals surface area contributed by atoms with Gasteiger partial charge in [-0.2, -0.15) is 11.3 Å². The van der Waals surface area contributed by atoms with E-state index in [2.05, 4.69) is 10.6 Å². The Bertz CT molecular complexity index is 537. The van der Waals surface area contributed by atoms with Crippen LogP contribution in [0.1, 0.15) is 17.3 Å². The molecule has 1 aromatic carbocycles. The average Bonchev–Trinajstić information content (AvgIpc) is 2.85. The SMILES string of the molecule is CCNC(=O)c1ccc(N)c(Nc2ccsc2)c1. The van der Waals surface area contributed by atoms with Crippen LogP contribution in [0.4, 0.5) is 17.1 Å². The maximum atomic E-state index is 11.7. The van der Waals surface area contributed by atoms with Gasteiger partial charge in [0.25, 0.3) is 5.91 Å². The van der Waals surface area contributed by atoms with Gasteiger partial charge in [-0.15, -0.1) is 0 Å². The second-order valence-corrected chi connectivity index (χ2v) is 4.58. The number of nitrogen functional groups attached to an aromatic ring is 1. The molecule has 0 radical (unpaired) electrons. The molecule has 0 atom stereocenters. The van der Waals surface area contributed by atoms with Crippen LogP contribution in [-0.2, 0) is 0 Å². The van der Waals surface area contributed by atoms with Crippen molar-refractivity contribution in [2.75, 3.05) is 17.6 Å². The fourth-order valence-electron chi connectivity index (χ4n) is 1.56. The van der Waals surface area contributed by atoms with E-state index in [0.717, 1.165) is 11.4 Å². The zero-order valence-electron chi connectivity index (χ0n) is 10.1. The molecule has 1 aromatic heterocycles. The first kappa shape index (κ1) is 12.4. The zero-order chi connectivity index (χ0) is 13.0. The molecule has 0 fully saturated rings. The molecule has 1 heterocycles. The van der Waals surface area contributed by atoms with Gasteiger partial charge in [-0.05, 0) is 36.6 Å². The van der Waals surface area contributed by atoms with E-state index in [4.69, 9.17) is 5.73 Å². The summed E-state index contributed by atoms with van der Waals surface area (Å²) in [4.78, 5) is 11.7.